The van der Waals surface area contributed by atoms with Crippen LogP contribution >= 0.6 is 0 Å². The molecule has 1 fully saturated rings. The van der Waals surface area contributed by atoms with Gasteiger partial charge in [0.05, 0.1) is 6.26 Å². The van der Waals surface area contributed by atoms with Gasteiger partial charge in [0.15, 0.2) is 0 Å². The Kier molecular flexibility index (Phi) is 2.69. The lowest BCUT2D eigenvalue weighted by Gasteiger charge is -2.15. The van der Waals surface area contributed by atoms with Crippen molar-refractivity contribution in [3.05, 3.63) is 24.2 Å². The molecule has 2 heteroatoms. The fourth-order valence-corrected chi connectivity index (χ4v) is 1.81. The first-order valence-corrected chi connectivity index (χ1v) is 5.16. The van der Waals surface area contributed by atoms with Gasteiger partial charge in [-0.2, -0.15) is 0 Å². The predicted octanol–water partition coefficient (Wildman–Crippen LogP) is 2.21. The van der Waals surface area contributed by atoms with Crippen LogP contribution in [0.5, 0.6) is 0 Å². The Morgan fingerprint density at radius 3 is 3.00 bits per heavy atom. The van der Waals surface area contributed by atoms with Crippen LogP contribution in [0.2, 0.25) is 0 Å². The van der Waals surface area contributed by atoms with E-state index in [1.807, 2.05) is 6.07 Å². The molecular weight excluding hydrogens is 162 g/mol. The van der Waals surface area contributed by atoms with Crippen LogP contribution in [0.25, 0.3) is 0 Å². The summed E-state index contributed by atoms with van der Waals surface area (Å²) in [5.41, 5.74) is 0. The van der Waals surface area contributed by atoms with Crippen LogP contribution in [0.3, 0.4) is 0 Å². The highest BCUT2D eigenvalue weighted by Gasteiger charge is 2.30. The minimum absolute atomic E-state index is 0.635. The Balaban J connectivity index is 1.89. The molecule has 1 aliphatic carbocycles. The van der Waals surface area contributed by atoms with Crippen molar-refractivity contribution < 1.29 is 4.42 Å². The van der Waals surface area contributed by atoms with E-state index in [1.165, 1.54) is 12.8 Å². The van der Waals surface area contributed by atoms with Gasteiger partial charge in [-0.3, -0.25) is 0 Å². The number of rotatable bonds is 5. The van der Waals surface area contributed by atoms with Crippen molar-refractivity contribution in [2.24, 2.45) is 5.92 Å². The molecule has 0 saturated heterocycles. The summed E-state index contributed by atoms with van der Waals surface area (Å²) in [6.45, 7) is 3.22. The first kappa shape index (κ1) is 8.82. The Morgan fingerprint density at radius 1 is 1.62 bits per heavy atom. The average Bonchev–Trinajstić information content (AvgIpc) is 2.85. The second kappa shape index (κ2) is 3.97. The van der Waals surface area contributed by atoms with Crippen molar-refractivity contribution in [1.29, 1.82) is 0 Å². The van der Waals surface area contributed by atoms with E-state index >= 15 is 0 Å². The van der Waals surface area contributed by atoms with E-state index in [1.54, 1.807) is 6.26 Å². The topological polar surface area (TPSA) is 25.2 Å². The lowest BCUT2D eigenvalue weighted by molar-refractivity contribution is 0.418. The molecule has 1 unspecified atom stereocenters. The van der Waals surface area contributed by atoms with Gasteiger partial charge >= 0.3 is 0 Å². The Morgan fingerprint density at radius 2 is 2.46 bits per heavy atom. The van der Waals surface area contributed by atoms with Gasteiger partial charge in [0.1, 0.15) is 5.76 Å². The molecule has 0 aromatic carbocycles. The molecule has 1 heterocycles. The molecule has 1 atom stereocenters. The summed E-state index contributed by atoms with van der Waals surface area (Å²) in [6, 6.07) is 4.66. The Labute approximate surface area is 79.3 Å². The molecule has 1 aromatic rings. The van der Waals surface area contributed by atoms with Gasteiger partial charge in [-0.15, -0.1) is 0 Å². The van der Waals surface area contributed by atoms with Crippen molar-refractivity contribution in [3.8, 4) is 0 Å². The number of likely N-dealkylation sites (N-methyl/N-ethyl adjacent to an activating group) is 1. The fraction of sp³-hybridized carbons (Fsp3) is 0.636. The van der Waals surface area contributed by atoms with Crippen LogP contribution in [0.4, 0.5) is 0 Å². The largest absolute Gasteiger partial charge is 0.469 e. The number of hydrogen-bond donors (Lipinski definition) is 1. The normalized spacial score (nSPS) is 18.8. The van der Waals surface area contributed by atoms with Crippen molar-refractivity contribution in [2.45, 2.75) is 32.2 Å². The molecule has 13 heavy (non-hydrogen) atoms. The molecule has 1 saturated carbocycles. The smallest absolute Gasteiger partial charge is 0.105 e. The van der Waals surface area contributed by atoms with Crippen LogP contribution in [-0.4, -0.2) is 12.6 Å². The van der Waals surface area contributed by atoms with Gasteiger partial charge < -0.3 is 9.73 Å². The molecule has 0 aliphatic heterocycles. The zero-order valence-corrected chi connectivity index (χ0v) is 8.12. The molecule has 2 rings (SSSR count). The second-order valence-electron chi connectivity index (χ2n) is 3.79. The van der Waals surface area contributed by atoms with E-state index in [0.717, 1.165) is 24.6 Å². The first-order valence-electron chi connectivity index (χ1n) is 5.16. The first-order chi connectivity index (χ1) is 6.40. The van der Waals surface area contributed by atoms with Gasteiger partial charge in [0.2, 0.25) is 0 Å². The van der Waals surface area contributed by atoms with E-state index in [4.69, 9.17) is 4.42 Å². The van der Waals surface area contributed by atoms with E-state index in [0.29, 0.717) is 6.04 Å². The number of nitrogens with one attached hydrogen (secondary N) is 1. The van der Waals surface area contributed by atoms with Gasteiger partial charge in [-0.25, -0.2) is 0 Å². The van der Waals surface area contributed by atoms with Gasteiger partial charge in [-0.05, 0) is 37.4 Å². The van der Waals surface area contributed by atoms with E-state index < -0.39 is 0 Å². The predicted molar refractivity (Wildman–Crippen MR) is 52.6 cm³/mol. The lowest BCUT2D eigenvalue weighted by atomic mass is 10.1. The molecule has 1 N–H and O–H groups in total. The van der Waals surface area contributed by atoms with Crippen LogP contribution in [0, 0.1) is 5.92 Å². The van der Waals surface area contributed by atoms with Gasteiger partial charge in [-0.1, -0.05) is 6.92 Å². The molecular formula is C11H17NO. The summed E-state index contributed by atoms with van der Waals surface area (Å²) < 4.78 is 5.35. The Bertz CT molecular complexity index is 239. The molecule has 1 aliphatic rings. The van der Waals surface area contributed by atoms with Crippen molar-refractivity contribution in [3.63, 3.8) is 0 Å². The van der Waals surface area contributed by atoms with Gasteiger partial charge in [0, 0.05) is 12.5 Å². The third-order valence-electron chi connectivity index (χ3n) is 2.66. The highest BCUT2D eigenvalue weighted by atomic mass is 16.3. The minimum atomic E-state index is 0.635. The van der Waals surface area contributed by atoms with E-state index in [2.05, 4.69) is 18.3 Å². The van der Waals surface area contributed by atoms with Crippen LogP contribution in [-0.2, 0) is 6.42 Å². The summed E-state index contributed by atoms with van der Waals surface area (Å²) >= 11 is 0. The lowest BCUT2D eigenvalue weighted by Crippen LogP contribution is -2.32. The maximum Gasteiger partial charge on any atom is 0.105 e. The molecule has 0 bridgehead atoms. The van der Waals surface area contributed by atoms with Crippen LogP contribution < -0.4 is 5.32 Å². The third-order valence-corrected chi connectivity index (χ3v) is 2.66. The van der Waals surface area contributed by atoms with Gasteiger partial charge in [0.25, 0.3) is 0 Å². The van der Waals surface area contributed by atoms with E-state index in [9.17, 15) is 0 Å². The summed E-state index contributed by atoms with van der Waals surface area (Å²) in [5, 5.41) is 3.52. The number of furan rings is 1. The average molecular weight is 179 g/mol. The van der Waals surface area contributed by atoms with Crippen LogP contribution in [0.1, 0.15) is 25.5 Å². The molecule has 1 aromatic heterocycles. The second-order valence-corrected chi connectivity index (χ2v) is 3.79. The zero-order valence-electron chi connectivity index (χ0n) is 8.12. The highest BCUT2D eigenvalue weighted by molar-refractivity contribution is 5.03. The maximum atomic E-state index is 5.35. The van der Waals surface area contributed by atoms with Crippen LogP contribution in [0.15, 0.2) is 22.8 Å². The van der Waals surface area contributed by atoms with Crippen molar-refractivity contribution in [1.82, 2.24) is 5.32 Å². The van der Waals surface area contributed by atoms with Crippen molar-refractivity contribution >= 4 is 0 Å². The summed E-state index contributed by atoms with van der Waals surface area (Å²) in [6.07, 6.45) is 5.58. The molecule has 0 radical (unpaired) electrons. The monoisotopic (exact) mass is 179 g/mol. The maximum absolute atomic E-state index is 5.35. The molecule has 0 spiro atoms. The molecule has 2 nitrogen and oxygen atoms in total. The van der Waals surface area contributed by atoms with E-state index in [-0.39, 0.29) is 0 Å². The zero-order chi connectivity index (χ0) is 9.10. The summed E-state index contributed by atoms with van der Waals surface area (Å²) in [7, 11) is 0. The molecule has 72 valence electrons. The SMILES string of the molecule is CCNC(Cc1ccco1)C1CC1. The third kappa shape index (κ3) is 2.34. The fourth-order valence-electron chi connectivity index (χ4n) is 1.81. The quantitative estimate of drug-likeness (QED) is 0.749. The standard InChI is InChI=1S/C11H17NO/c1-2-12-11(9-5-6-9)8-10-4-3-7-13-10/h3-4,7,9,11-12H,2,5-6,8H2,1H3. The number of hydrogen-bond acceptors (Lipinski definition) is 2. The Hall–Kier alpha value is -0.760. The molecule has 0 amide bonds. The summed E-state index contributed by atoms with van der Waals surface area (Å²) in [5.74, 6) is 2.00. The minimum Gasteiger partial charge on any atom is -0.469 e. The van der Waals surface area contributed by atoms with Crippen molar-refractivity contribution in [2.75, 3.05) is 6.54 Å². The summed E-state index contributed by atoms with van der Waals surface area (Å²) in [4.78, 5) is 0. The highest BCUT2D eigenvalue weighted by Crippen LogP contribution is 2.34.